The number of carbonyl (C=O) groups is 2. The van der Waals surface area contributed by atoms with Crippen molar-refractivity contribution in [3.63, 3.8) is 0 Å². The highest BCUT2D eigenvalue weighted by Gasteiger charge is 2.39. The van der Waals surface area contributed by atoms with Crippen molar-refractivity contribution in [2.45, 2.75) is 38.0 Å². The van der Waals surface area contributed by atoms with Crippen molar-refractivity contribution in [1.82, 2.24) is 4.90 Å². The van der Waals surface area contributed by atoms with E-state index in [1.165, 1.54) is 0 Å². The Morgan fingerprint density at radius 3 is 2.67 bits per heavy atom. The summed E-state index contributed by atoms with van der Waals surface area (Å²) in [6.07, 6.45) is -0.228. The van der Waals surface area contributed by atoms with E-state index in [9.17, 15) is 14.7 Å². The molecule has 0 aromatic carbocycles. The van der Waals surface area contributed by atoms with Crippen molar-refractivity contribution in [3.05, 3.63) is 0 Å². The Bertz CT molecular complexity index is 269. The van der Waals surface area contributed by atoms with Gasteiger partial charge in [0, 0.05) is 13.0 Å². The predicted octanol–water partition coefficient (Wildman–Crippen LogP) is -1.23. The summed E-state index contributed by atoms with van der Waals surface area (Å²) < 4.78 is 0. The van der Waals surface area contributed by atoms with Gasteiger partial charge in [-0.1, -0.05) is 6.92 Å². The number of β-amino-alcohol motifs (C(OH)–C–C–N with tert-alkyl or cyclic N) is 1. The zero-order valence-corrected chi connectivity index (χ0v) is 8.59. The molecule has 4 N–H and O–H groups in total. The minimum Gasteiger partial charge on any atom is -0.480 e. The van der Waals surface area contributed by atoms with E-state index in [0.717, 1.165) is 4.90 Å². The van der Waals surface area contributed by atoms with E-state index < -0.39 is 30.1 Å². The molecule has 1 fully saturated rings. The van der Waals surface area contributed by atoms with Crippen LogP contribution in [0.25, 0.3) is 0 Å². The van der Waals surface area contributed by atoms with Gasteiger partial charge in [-0.15, -0.1) is 0 Å². The maximum absolute atomic E-state index is 11.7. The Morgan fingerprint density at radius 1 is 1.60 bits per heavy atom. The van der Waals surface area contributed by atoms with E-state index in [-0.39, 0.29) is 13.0 Å². The fourth-order valence-electron chi connectivity index (χ4n) is 1.68. The molecular formula is C9H16N2O4. The Kier molecular flexibility index (Phi) is 3.65. The van der Waals surface area contributed by atoms with Crippen molar-refractivity contribution in [2.24, 2.45) is 5.73 Å². The summed E-state index contributed by atoms with van der Waals surface area (Å²) in [5.74, 6) is -1.50. The quantitative estimate of drug-likeness (QED) is 0.548. The van der Waals surface area contributed by atoms with Gasteiger partial charge in [0.1, 0.15) is 6.04 Å². The van der Waals surface area contributed by atoms with Gasteiger partial charge in [-0.05, 0) is 6.42 Å². The summed E-state index contributed by atoms with van der Waals surface area (Å²) in [6, 6.07) is -1.62. The largest absolute Gasteiger partial charge is 0.480 e. The Morgan fingerprint density at radius 2 is 2.20 bits per heavy atom. The fraction of sp³-hybridized carbons (Fsp3) is 0.778. The zero-order valence-electron chi connectivity index (χ0n) is 8.59. The van der Waals surface area contributed by atoms with Gasteiger partial charge < -0.3 is 20.8 Å². The number of aliphatic hydroxyl groups excluding tert-OH is 1. The first kappa shape index (κ1) is 11.9. The average Bonchev–Trinajstić information content (AvgIpc) is 2.58. The number of nitrogens with two attached hydrogens (primary N) is 1. The van der Waals surface area contributed by atoms with E-state index in [1.807, 2.05) is 0 Å². The molecule has 1 unspecified atom stereocenters. The summed E-state index contributed by atoms with van der Waals surface area (Å²) in [4.78, 5) is 23.6. The molecule has 1 rings (SSSR count). The molecule has 0 spiro atoms. The lowest BCUT2D eigenvalue weighted by atomic mass is 10.1. The van der Waals surface area contributed by atoms with Crippen LogP contribution in [0.3, 0.4) is 0 Å². The average molecular weight is 216 g/mol. The first-order valence-corrected chi connectivity index (χ1v) is 4.94. The molecule has 0 aliphatic carbocycles. The third-order valence-electron chi connectivity index (χ3n) is 2.60. The van der Waals surface area contributed by atoms with Gasteiger partial charge in [0.2, 0.25) is 5.91 Å². The van der Waals surface area contributed by atoms with Gasteiger partial charge in [-0.3, -0.25) is 4.79 Å². The molecule has 0 radical (unpaired) electrons. The maximum atomic E-state index is 11.7. The molecule has 1 aliphatic heterocycles. The molecule has 6 heteroatoms. The van der Waals surface area contributed by atoms with Gasteiger partial charge in [0.15, 0.2) is 0 Å². The number of hydrogen-bond acceptors (Lipinski definition) is 4. The summed E-state index contributed by atoms with van der Waals surface area (Å²) in [6.45, 7) is 1.81. The summed E-state index contributed by atoms with van der Waals surface area (Å²) in [7, 11) is 0. The van der Waals surface area contributed by atoms with Gasteiger partial charge in [0.25, 0.3) is 0 Å². The first-order valence-electron chi connectivity index (χ1n) is 4.94. The van der Waals surface area contributed by atoms with Crippen molar-refractivity contribution in [2.75, 3.05) is 6.54 Å². The minimum absolute atomic E-state index is 0.0590. The van der Waals surface area contributed by atoms with Gasteiger partial charge in [-0.2, -0.15) is 0 Å². The third-order valence-corrected chi connectivity index (χ3v) is 2.60. The van der Waals surface area contributed by atoms with Crippen molar-refractivity contribution in [1.29, 1.82) is 0 Å². The lowest BCUT2D eigenvalue weighted by Gasteiger charge is -2.23. The third kappa shape index (κ3) is 2.45. The van der Waals surface area contributed by atoms with Crippen LogP contribution in [0.2, 0.25) is 0 Å². The van der Waals surface area contributed by atoms with Crippen molar-refractivity contribution < 1.29 is 19.8 Å². The van der Waals surface area contributed by atoms with Crippen LogP contribution < -0.4 is 5.73 Å². The number of hydrogen-bond donors (Lipinski definition) is 3. The smallest absolute Gasteiger partial charge is 0.326 e. The van der Waals surface area contributed by atoms with Crippen LogP contribution in [0, 0.1) is 0 Å². The standard InChI is InChI=1S/C9H16N2O4/c1-2-6(10)8(13)11-4-5(12)3-7(11)9(14)15/h5-7,12H,2-4,10H2,1H3,(H,14,15)/t5?,6-,7-/m0/s1. The molecule has 15 heavy (non-hydrogen) atoms. The van der Waals surface area contributed by atoms with E-state index in [2.05, 4.69) is 0 Å². The zero-order chi connectivity index (χ0) is 11.6. The number of aliphatic carboxylic acids is 1. The molecule has 6 nitrogen and oxygen atoms in total. The van der Waals surface area contributed by atoms with Crippen LogP contribution >= 0.6 is 0 Å². The topological polar surface area (TPSA) is 104 Å². The molecule has 0 saturated carbocycles. The fourth-order valence-corrected chi connectivity index (χ4v) is 1.68. The molecular weight excluding hydrogens is 200 g/mol. The lowest BCUT2D eigenvalue weighted by molar-refractivity contribution is -0.148. The number of rotatable bonds is 3. The van der Waals surface area contributed by atoms with E-state index in [0.29, 0.717) is 6.42 Å². The van der Waals surface area contributed by atoms with Crippen LogP contribution in [0.4, 0.5) is 0 Å². The second-order valence-corrected chi connectivity index (χ2v) is 3.75. The maximum Gasteiger partial charge on any atom is 0.326 e. The normalized spacial score (nSPS) is 27.8. The number of carboxylic acids is 1. The Hall–Kier alpha value is -1.14. The number of aliphatic hydroxyl groups is 1. The lowest BCUT2D eigenvalue weighted by Crippen LogP contribution is -2.48. The molecule has 3 atom stereocenters. The summed E-state index contributed by atoms with van der Waals surface area (Å²) in [5, 5.41) is 18.2. The number of carboxylic acid groups (broad SMARTS) is 1. The molecule has 1 aliphatic rings. The van der Waals surface area contributed by atoms with Crippen LogP contribution in [-0.2, 0) is 9.59 Å². The van der Waals surface area contributed by atoms with Crippen LogP contribution in [0.5, 0.6) is 0 Å². The molecule has 86 valence electrons. The van der Waals surface area contributed by atoms with Crippen molar-refractivity contribution >= 4 is 11.9 Å². The van der Waals surface area contributed by atoms with Gasteiger partial charge in [0.05, 0.1) is 12.1 Å². The number of likely N-dealkylation sites (tertiary alicyclic amines) is 1. The second-order valence-electron chi connectivity index (χ2n) is 3.75. The van der Waals surface area contributed by atoms with Crippen LogP contribution in [0.15, 0.2) is 0 Å². The van der Waals surface area contributed by atoms with Gasteiger partial charge in [-0.25, -0.2) is 4.79 Å². The van der Waals surface area contributed by atoms with Crippen LogP contribution in [0.1, 0.15) is 19.8 Å². The molecule has 0 aromatic rings. The molecule has 0 aromatic heterocycles. The van der Waals surface area contributed by atoms with E-state index >= 15 is 0 Å². The molecule has 0 bridgehead atoms. The van der Waals surface area contributed by atoms with E-state index in [4.69, 9.17) is 10.8 Å². The number of amides is 1. The SMILES string of the molecule is CC[C@H](N)C(=O)N1CC(O)C[C@H]1C(=O)O. The first-order chi connectivity index (χ1) is 6.97. The molecule has 1 amide bonds. The monoisotopic (exact) mass is 216 g/mol. The van der Waals surface area contributed by atoms with Gasteiger partial charge >= 0.3 is 5.97 Å². The highest BCUT2D eigenvalue weighted by molar-refractivity contribution is 5.87. The number of carbonyl (C=O) groups excluding carboxylic acids is 1. The molecule has 1 saturated heterocycles. The number of nitrogens with zero attached hydrogens (tertiary/aromatic N) is 1. The Labute approximate surface area is 87.7 Å². The predicted molar refractivity (Wildman–Crippen MR) is 52.0 cm³/mol. The Balaban J connectivity index is 2.75. The van der Waals surface area contributed by atoms with Crippen molar-refractivity contribution in [3.8, 4) is 0 Å². The summed E-state index contributed by atoms with van der Waals surface area (Å²) >= 11 is 0. The van der Waals surface area contributed by atoms with Crippen LogP contribution in [-0.4, -0.2) is 51.7 Å². The highest BCUT2D eigenvalue weighted by atomic mass is 16.4. The summed E-state index contributed by atoms with van der Waals surface area (Å²) in [5.41, 5.74) is 5.54. The minimum atomic E-state index is -1.09. The molecule has 1 heterocycles. The highest BCUT2D eigenvalue weighted by Crippen LogP contribution is 2.19. The van der Waals surface area contributed by atoms with E-state index in [1.54, 1.807) is 6.92 Å². The second kappa shape index (κ2) is 4.59.